The number of carbonyl (C=O) groups is 1. The van der Waals surface area contributed by atoms with Gasteiger partial charge < -0.3 is 4.90 Å². The molecule has 3 aromatic rings. The summed E-state index contributed by atoms with van der Waals surface area (Å²) in [6, 6.07) is 14.3. The van der Waals surface area contributed by atoms with Gasteiger partial charge in [0.15, 0.2) is 5.69 Å². The Bertz CT molecular complexity index is 1100. The van der Waals surface area contributed by atoms with Crippen molar-refractivity contribution >= 4 is 5.91 Å². The molecule has 0 saturated carbocycles. The highest BCUT2D eigenvalue weighted by Gasteiger charge is 2.31. The van der Waals surface area contributed by atoms with Gasteiger partial charge in [-0.2, -0.15) is 5.10 Å². The Morgan fingerprint density at radius 1 is 1.03 bits per heavy atom. The van der Waals surface area contributed by atoms with Crippen LogP contribution >= 0.6 is 0 Å². The van der Waals surface area contributed by atoms with Crippen LogP contribution in [0.2, 0.25) is 0 Å². The van der Waals surface area contributed by atoms with Crippen molar-refractivity contribution in [3.63, 3.8) is 0 Å². The molecule has 1 amide bonds. The Kier molecular flexibility index (Phi) is 5.38. The fraction of sp³-hybridized carbons (Fsp3) is 0.320. The van der Waals surface area contributed by atoms with Crippen LogP contribution in [0, 0.1) is 0 Å². The lowest BCUT2D eigenvalue weighted by Crippen LogP contribution is -2.37. The lowest BCUT2D eigenvalue weighted by molar-refractivity contribution is 0.0725. The summed E-state index contributed by atoms with van der Waals surface area (Å²) in [6.45, 7) is 8.33. The van der Waals surface area contributed by atoms with Gasteiger partial charge in [0.2, 0.25) is 0 Å². The molecule has 0 saturated heterocycles. The highest BCUT2D eigenvalue weighted by molar-refractivity contribution is 5.94. The maximum absolute atomic E-state index is 13.6. The van der Waals surface area contributed by atoms with Gasteiger partial charge in [-0.05, 0) is 29.7 Å². The summed E-state index contributed by atoms with van der Waals surface area (Å²) in [5.74, 6) is 0.0333. The normalized spacial score (nSPS) is 15.9. The summed E-state index contributed by atoms with van der Waals surface area (Å²) in [5, 5.41) is 4.85. The molecule has 0 N–H and O–H groups in total. The minimum absolute atomic E-state index is 0.0333. The van der Waals surface area contributed by atoms with Gasteiger partial charge in [0, 0.05) is 56.6 Å². The SMILES string of the molecule is C=CCN1CCc2c(c(C(=O)N3CCc4ccccc4C3)nn2Cc2ccccn2)C1. The molecule has 0 bridgehead atoms. The third-order valence-electron chi connectivity index (χ3n) is 6.26. The Labute approximate surface area is 182 Å². The molecule has 2 aromatic heterocycles. The monoisotopic (exact) mass is 413 g/mol. The first-order valence-corrected chi connectivity index (χ1v) is 10.9. The van der Waals surface area contributed by atoms with Crippen LogP contribution < -0.4 is 0 Å². The van der Waals surface area contributed by atoms with Crippen LogP contribution in [-0.2, 0) is 32.5 Å². The van der Waals surface area contributed by atoms with Gasteiger partial charge in [0.25, 0.3) is 5.91 Å². The minimum Gasteiger partial charge on any atom is -0.333 e. The van der Waals surface area contributed by atoms with Crippen LogP contribution in [0.4, 0.5) is 0 Å². The van der Waals surface area contributed by atoms with Crippen molar-refractivity contribution in [1.82, 2.24) is 24.6 Å². The van der Waals surface area contributed by atoms with Crippen molar-refractivity contribution in [2.45, 2.75) is 32.5 Å². The average molecular weight is 414 g/mol. The molecule has 2 aliphatic rings. The predicted molar refractivity (Wildman–Crippen MR) is 120 cm³/mol. The number of amides is 1. The van der Waals surface area contributed by atoms with Crippen molar-refractivity contribution in [2.24, 2.45) is 0 Å². The summed E-state index contributed by atoms with van der Waals surface area (Å²) in [6.07, 6.45) is 5.49. The van der Waals surface area contributed by atoms with Crippen LogP contribution in [-0.4, -0.2) is 50.1 Å². The van der Waals surface area contributed by atoms with E-state index in [2.05, 4.69) is 34.7 Å². The zero-order valence-electron chi connectivity index (χ0n) is 17.7. The molecule has 2 aliphatic heterocycles. The number of hydrogen-bond donors (Lipinski definition) is 0. The lowest BCUT2D eigenvalue weighted by Gasteiger charge is -2.30. The van der Waals surface area contributed by atoms with Gasteiger partial charge in [-0.1, -0.05) is 36.4 Å². The van der Waals surface area contributed by atoms with Gasteiger partial charge in [-0.25, -0.2) is 0 Å². The molecule has 158 valence electrons. The third kappa shape index (κ3) is 3.91. The molecule has 0 unspecified atom stereocenters. The zero-order chi connectivity index (χ0) is 21.2. The number of aromatic nitrogens is 3. The molecule has 0 radical (unpaired) electrons. The lowest BCUT2D eigenvalue weighted by atomic mass is 9.99. The average Bonchev–Trinajstić information content (AvgIpc) is 3.16. The Morgan fingerprint density at radius 3 is 2.68 bits per heavy atom. The zero-order valence-corrected chi connectivity index (χ0v) is 17.7. The van der Waals surface area contributed by atoms with E-state index < -0.39 is 0 Å². The van der Waals surface area contributed by atoms with Crippen molar-refractivity contribution in [3.8, 4) is 0 Å². The van der Waals surface area contributed by atoms with Crippen molar-refractivity contribution in [2.75, 3.05) is 19.6 Å². The smallest absolute Gasteiger partial charge is 0.275 e. The molecular formula is C25H27N5O. The number of benzene rings is 1. The van der Waals surface area contributed by atoms with Crippen molar-refractivity contribution in [1.29, 1.82) is 0 Å². The Hall–Kier alpha value is -3.25. The minimum atomic E-state index is 0.0333. The van der Waals surface area contributed by atoms with Crippen LogP contribution in [0.3, 0.4) is 0 Å². The van der Waals surface area contributed by atoms with E-state index in [0.717, 1.165) is 56.0 Å². The second-order valence-electron chi connectivity index (χ2n) is 8.27. The standard InChI is InChI=1S/C25H27N5O/c1-2-13-28-14-11-23-22(18-28)24(27-30(23)17-21-9-5-6-12-26-21)25(31)29-15-10-19-7-3-4-8-20(19)16-29/h2-9,12H,1,10-11,13-18H2. The second-order valence-corrected chi connectivity index (χ2v) is 8.27. The van der Waals surface area contributed by atoms with E-state index in [4.69, 9.17) is 5.10 Å². The maximum atomic E-state index is 13.6. The van der Waals surface area contributed by atoms with E-state index in [1.54, 1.807) is 6.20 Å². The summed E-state index contributed by atoms with van der Waals surface area (Å²) >= 11 is 0. The molecule has 31 heavy (non-hydrogen) atoms. The molecule has 4 heterocycles. The summed E-state index contributed by atoms with van der Waals surface area (Å²) < 4.78 is 1.99. The van der Waals surface area contributed by atoms with Crippen LogP contribution in [0.1, 0.15) is 38.6 Å². The molecule has 5 rings (SSSR count). The van der Waals surface area contributed by atoms with Gasteiger partial charge in [0.05, 0.1) is 12.2 Å². The highest BCUT2D eigenvalue weighted by atomic mass is 16.2. The molecule has 0 fully saturated rings. The second kappa shape index (κ2) is 8.47. The van der Waals surface area contributed by atoms with Crippen molar-refractivity contribution < 1.29 is 4.79 Å². The fourth-order valence-electron chi connectivity index (χ4n) is 4.65. The number of pyridine rings is 1. The topological polar surface area (TPSA) is 54.3 Å². The number of fused-ring (bicyclic) bond motifs is 2. The molecule has 0 atom stereocenters. The molecule has 0 aliphatic carbocycles. The van der Waals surface area contributed by atoms with Crippen LogP contribution in [0.25, 0.3) is 0 Å². The first kappa shape index (κ1) is 19.7. The Balaban J connectivity index is 1.47. The first-order chi connectivity index (χ1) is 15.2. The third-order valence-corrected chi connectivity index (χ3v) is 6.26. The van der Waals surface area contributed by atoms with E-state index in [0.29, 0.717) is 18.8 Å². The van der Waals surface area contributed by atoms with E-state index in [1.807, 2.05) is 39.9 Å². The highest BCUT2D eigenvalue weighted by Crippen LogP contribution is 2.26. The quantitative estimate of drug-likeness (QED) is 0.604. The Morgan fingerprint density at radius 2 is 1.87 bits per heavy atom. The number of carbonyl (C=O) groups excluding carboxylic acids is 1. The summed E-state index contributed by atoms with van der Waals surface area (Å²) in [5.41, 5.74) is 6.34. The largest absolute Gasteiger partial charge is 0.333 e. The number of rotatable bonds is 5. The van der Waals surface area contributed by atoms with Crippen LogP contribution in [0.15, 0.2) is 61.3 Å². The van der Waals surface area contributed by atoms with E-state index in [9.17, 15) is 4.79 Å². The molecule has 1 aromatic carbocycles. The first-order valence-electron chi connectivity index (χ1n) is 10.9. The van der Waals surface area contributed by atoms with Crippen molar-refractivity contribution in [3.05, 3.63) is 95.1 Å². The molecule has 0 spiro atoms. The summed E-state index contributed by atoms with van der Waals surface area (Å²) in [7, 11) is 0. The maximum Gasteiger partial charge on any atom is 0.275 e. The van der Waals surface area contributed by atoms with Crippen LogP contribution in [0.5, 0.6) is 0 Å². The van der Waals surface area contributed by atoms with Gasteiger partial charge in [-0.15, -0.1) is 6.58 Å². The molecule has 6 nitrogen and oxygen atoms in total. The van der Waals surface area contributed by atoms with Gasteiger partial charge >= 0.3 is 0 Å². The van der Waals surface area contributed by atoms with Gasteiger partial charge in [0.1, 0.15) is 0 Å². The van der Waals surface area contributed by atoms with E-state index in [-0.39, 0.29) is 5.91 Å². The van der Waals surface area contributed by atoms with E-state index in [1.165, 1.54) is 11.1 Å². The number of hydrogen-bond acceptors (Lipinski definition) is 4. The number of nitrogens with zero attached hydrogens (tertiary/aromatic N) is 5. The molecular weight excluding hydrogens is 386 g/mol. The summed E-state index contributed by atoms with van der Waals surface area (Å²) in [4.78, 5) is 22.3. The van der Waals surface area contributed by atoms with Gasteiger partial charge in [-0.3, -0.25) is 19.4 Å². The van der Waals surface area contributed by atoms with E-state index >= 15 is 0 Å². The predicted octanol–water partition coefficient (Wildman–Crippen LogP) is 3.07. The fourth-order valence-corrected chi connectivity index (χ4v) is 4.65. The molecule has 6 heteroatoms.